The zero-order valence-electron chi connectivity index (χ0n) is 10.7. The highest BCUT2D eigenvalue weighted by molar-refractivity contribution is 7.99. The molecule has 2 aromatic rings. The van der Waals surface area contributed by atoms with E-state index in [2.05, 4.69) is 4.98 Å². The first kappa shape index (κ1) is 15.4. The van der Waals surface area contributed by atoms with Crippen LogP contribution in [0.3, 0.4) is 0 Å². The average Bonchev–Trinajstić information content (AvgIpc) is 2.47. The van der Waals surface area contributed by atoms with Crippen molar-refractivity contribution in [1.82, 2.24) is 4.98 Å². The van der Waals surface area contributed by atoms with Gasteiger partial charge >= 0.3 is 6.18 Å². The largest absolute Gasteiger partial charge is 0.417 e. The topological polar surface area (TPSA) is 62.7 Å². The predicted octanol–water partition coefficient (Wildman–Crippen LogP) is 3.58. The molecule has 0 unspecified atom stereocenters. The van der Waals surface area contributed by atoms with Crippen LogP contribution in [-0.2, 0) is 12.7 Å². The number of hydrogen-bond acceptors (Lipinski definition) is 4. The number of halogens is 3. The highest BCUT2D eigenvalue weighted by atomic mass is 32.2. The van der Waals surface area contributed by atoms with Gasteiger partial charge < -0.3 is 5.73 Å². The van der Waals surface area contributed by atoms with Gasteiger partial charge in [-0.05, 0) is 29.8 Å². The maximum absolute atomic E-state index is 12.4. The van der Waals surface area contributed by atoms with Crippen LogP contribution in [0, 0.1) is 11.3 Å². The monoisotopic (exact) mass is 309 g/mol. The Balaban J connectivity index is 2.25. The first-order chi connectivity index (χ1) is 9.94. The van der Waals surface area contributed by atoms with Crippen LogP contribution < -0.4 is 5.73 Å². The van der Waals surface area contributed by atoms with Gasteiger partial charge in [-0.25, -0.2) is 4.98 Å². The van der Waals surface area contributed by atoms with Crippen molar-refractivity contribution in [3.63, 3.8) is 0 Å². The van der Waals surface area contributed by atoms with Gasteiger partial charge in [-0.3, -0.25) is 0 Å². The Kier molecular flexibility index (Phi) is 4.50. The lowest BCUT2D eigenvalue weighted by Crippen LogP contribution is -2.05. The molecule has 0 saturated heterocycles. The Morgan fingerprint density at radius 1 is 1.24 bits per heavy atom. The average molecular weight is 309 g/mol. The van der Waals surface area contributed by atoms with E-state index in [1.165, 1.54) is 6.07 Å². The van der Waals surface area contributed by atoms with Crippen LogP contribution >= 0.6 is 11.8 Å². The minimum atomic E-state index is -4.41. The third-order valence-corrected chi connectivity index (χ3v) is 3.70. The number of rotatable bonds is 3. The Labute approximate surface area is 123 Å². The standard InChI is InChI=1S/C14H10F3N3S/c15-14(16,17)11-2-4-13(20-8-11)21-12-3-1-9(6-18)5-10(12)7-19/h1-5,8H,6,18H2. The summed E-state index contributed by atoms with van der Waals surface area (Å²) in [6.45, 7) is 0.318. The van der Waals surface area contributed by atoms with Crippen molar-refractivity contribution in [2.24, 2.45) is 5.73 Å². The minimum Gasteiger partial charge on any atom is -0.326 e. The van der Waals surface area contributed by atoms with Gasteiger partial charge in [-0.2, -0.15) is 18.4 Å². The number of hydrogen-bond donors (Lipinski definition) is 1. The first-order valence-corrected chi connectivity index (χ1v) is 6.70. The molecule has 0 amide bonds. The number of benzene rings is 1. The number of nitriles is 1. The summed E-state index contributed by atoms with van der Waals surface area (Å²) in [5.74, 6) is 0. The number of nitrogens with zero attached hydrogens (tertiary/aromatic N) is 2. The maximum Gasteiger partial charge on any atom is 0.417 e. The quantitative estimate of drug-likeness (QED) is 0.941. The lowest BCUT2D eigenvalue weighted by molar-refractivity contribution is -0.137. The van der Waals surface area contributed by atoms with E-state index in [-0.39, 0.29) is 0 Å². The predicted molar refractivity (Wildman–Crippen MR) is 72.4 cm³/mol. The molecule has 21 heavy (non-hydrogen) atoms. The van der Waals surface area contributed by atoms with Crippen molar-refractivity contribution >= 4 is 11.8 Å². The summed E-state index contributed by atoms with van der Waals surface area (Å²) in [7, 11) is 0. The van der Waals surface area contributed by atoms with E-state index >= 15 is 0 Å². The Hall–Kier alpha value is -2.04. The molecule has 0 aliphatic heterocycles. The number of nitrogens with two attached hydrogens (primary N) is 1. The van der Waals surface area contributed by atoms with Crippen molar-refractivity contribution in [1.29, 1.82) is 5.26 Å². The molecule has 3 nitrogen and oxygen atoms in total. The fraction of sp³-hybridized carbons (Fsp3) is 0.143. The zero-order chi connectivity index (χ0) is 15.5. The van der Waals surface area contributed by atoms with Crippen LogP contribution in [0.5, 0.6) is 0 Å². The lowest BCUT2D eigenvalue weighted by Gasteiger charge is -2.08. The van der Waals surface area contributed by atoms with E-state index in [1.807, 2.05) is 6.07 Å². The summed E-state index contributed by atoms with van der Waals surface area (Å²) in [5, 5.41) is 9.48. The second-order valence-corrected chi connectivity index (χ2v) is 5.19. The van der Waals surface area contributed by atoms with E-state index < -0.39 is 11.7 Å². The molecule has 1 heterocycles. The second kappa shape index (κ2) is 6.16. The highest BCUT2D eigenvalue weighted by Crippen LogP contribution is 2.32. The molecule has 0 bridgehead atoms. The van der Waals surface area contributed by atoms with Crippen molar-refractivity contribution < 1.29 is 13.2 Å². The summed E-state index contributed by atoms with van der Waals surface area (Å²) in [6.07, 6.45) is -3.63. The van der Waals surface area contributed by atoms with Crippen LogP contribution in [0.25, 0.3) is 0 Å². The van der Waals surface area contributed by atoms with Gasteiger partial charge in [0, 0.05) is 17.6 Å². The SMILES string of the molecule is N#Cc1cc(CN)ccc1Sc1ccc(C(F)(F)F)cn1. The Morgan fingerprint density at radius 3 is 2.52 bits per heavy atom. The first-order valence-electron chi connectivity index (χ1n) is 5.88. The highest BCUT2D eigenvalue weighted by Gasteiger charge is 2.30. The lowest BCUT2D eigenvalue weighted by atomic mass is 10.1. The van der Waals surface area contributed by atoms with Crippen LogP contribution in [0.15, 0.2) is 46.5 Å². The molecule has 7 heteroatoms. The molecule has 2 rings (SSSR count). The molecular formula is C14H10F3N3S. The van der Waals surface area contributed by atoms with Crippen LogP contribution in [0.2, 0.25) is 0 Å². The van der Waals surface area contributed by atoms with E-state index in [0.717, 1.165) is 29.6 Å². The van der Waals surface area contributed by atoms with Gasteiger partial charge in [0.1, 0.15) is 11.1 Å². The van der Waals surface area contributed by atoms with Gasteiger partial charge in [-0.1, -0.05) is 17.8 Å². The third kappa shape index (κ3) is 3.74. The van der Waals surface area contributed by atoms with Gasteiger partial charge in [-0.15, -0.1) is 0 Å². The fourth-order valence-electron chi connectivity index (χ4n) is 1.60. The van der Waals surface area contributed by atoms with Crippen molar-refractivity contribution in [2.45, 2.75) is 22.6 Å². The van der Waals surface area contributed by atoms with Gasteiger partial charge in [0.15, 0.2) is 0 Å². The van der Waals surface area contributed by atoms with Crippen molar-refractivity contribution in [3.05, 3.63) is 53.2 Å². The molecular weight excluding hydrogens is 299 g/mol. The second-order valence-electron chi connectivity index (χ2n) is 4.13. The molecule has 1 aromatic heterocycles. The molecule has 0 atom stereocenters. The number of pyridine rings is 1. The molecule has 0 saturated carbocycles. The van der Waals surface area contributed by atoms with Crippen LogP contribution in [-0.4, -0.2) is 4.98 Å². The Bertz CT molecular complexity index is 675. The van der Waals surface area contributed by atoms with Crippen molar-refractivity contribution in [2.75, 3.05) is 0 Å². The molecule has 0 radical (unpaired) electrons. The fourth-order valence-corrected chi connectivity index (χ4v) is 2.42. The van der Waals surface area contributed by atoms with Gasteiger partial charge in [0.25, 0.3) is 0 Å². The van der Waals surface area contributed by atoms with Crippen molar-refractivity contribution in [3.8, 4) is 6.07 Å². The summed E-state index contributed by atoms with van der Waals surface area (Å²) >= 11 is 1.14. The summed E-state index contributed by atoms with van der Waals surface area (Å²) in [5.41, 5.74) is 5.94. The zero-order valence-corrected chi connectivity index (χ0v) is 11.5. The molecule has 108 valence electrons. The Morgan fingerprint density at radius 2 is 2.00 bits per heavy atom. The molecule has 0 fully saturated rings. The summed E-state index contributed by atoms with van der Waals surface area (Å²) in [4.78, 5) is 4.39. The van der Waals surface area contributed by atoms with Crippen LogP contribution in [0.1, 0.15) is 16.7 Å². The molecule has 2 N–H and O–H groups in total. The van der Waals surface area contributed by atoms with E-state index in [0.29, 0.717) is 22.0 Å². The molecule has 0 aliphatic carbocycles. The smallest absolute Gasteiger partial charge is 0.326 e. The summed E-state index contributed by atoms with van der Waals surface area (Å²) < 4.78 is 37.3. The van der Waals surface area contributed by atoms with E-state index in [4.69, 9.17) is 11.0 Å². The van der Waals surface area contributed by atoms with Crippen LogP contribution in [0.4, 0.5) is 13.2 Å². The van der Waals surface area contributed by atoms with E-state index in [9.17, 15) is 13.2 Å². The van der Waals surface area contributed by atoms with Gasteiger partial charge in [0.05, 0.1) is 11.1 Å². The number of aromatic nitrogens is 1. The third-order valence-electron chi connectivity index (χ3n) is 2.68. The normalized spacial score (nSPS) is 11.2. The number of alkyl halides is 3. The molecule has 0 aliphatic rings. The van der Waals surface area contributed by atoms with Gasteiger partial charge in [0.2, 0.25) is 0 Å². The molecule has 0 spiro atoms. The maximum atomic E-state index is 12.4. The summed E-state index contributed by atoms with van der Waals surface area (Å²) in [6, 6.07) is 9.44. The minimum absolute atomic E-state index is 0.318. The van der Waals surface area contributed by atoms with E-state index in [1.54, 1.807) is 18.2 Å². The molecule has 1 aromatic carbocycles.